The van der Waals surface area contributed by atoms with Crippen molar-refractivity contribution in [2.75, 3.05) is 7.11 Å². The molecule has 0 fully saturated rings. The van der Waals surface area contributed by atoms with Crippen molar-refractivity contribution in [3.05, 3.63) is 28.8 Å². The molecule has 0 amide bonds. The lowest BCUT2D eigenvalue weighted by atomic mass is 9.92. The van der Waals surface area contributed by atoms with Gasteiger partial charge in [0, 0.05) is 18.2 Å². The van der Waals surface area contributed by atoms with E-state index < -0.39 is 5.60 Å². The Labute approximate surface area is 95.1 Å². The number of rotatable bonds is 4. The zero-order valence-electron chi connectivity index (χ0n) is 9.82. The maximum Gasteiger partial charge on any atom is 0.127 e. The van der Waals surface area contributed by atoms with Crippen LogP contribution in [0.15, 0.2) is 12.1 Å². The van der Waals surface area contributed by atoms with E-state index in [4.69, 9.17) is 14.9 Å². The molecule has 90 valence electrons. The highest BCUT2D eigenvalue weighted by Gasteiger charge is 2.25. The summed E-state index contributed by atoms with van der Waals surface area (Å²) in [6.45, 7) is 3.21. The van der Waals surface area contributed by atoms with Gasteiger partial charge in [-0.1, -0.05) is 0 Å². The lowest BCUT2D eigenvalue weighted by molar-refractivity contribution is 0.0170. The Morgan fingerprint density at radius 1 is 1.19 bits per heavy atom. The Bertz CT molecular complexity index is 372. The molecular formula is C12H18O4. The second kappa shape index (κ2) is 4.82. The summed E-state index contributed by atoms with van der Waals surface area (Å²) in [6, 6.07) is 3.25. The molecule has 4 nitrogen and oxygen atoms in total. The molecule has 0 heterocycles. The first-order valence-electron chi connectivity index (χ1n) is 5.08. The Balaban J connectivity index is 3.37. The largest absolute Gasteiger partial charge is 0.507 e. The molecule has 16 heavy (non-hydrogen) atoms. The van der Waals surface area contributed by atoms with Gasteiger partial charge in [-0.3, -0.25) is 0 Å². The molecule has 1 aromatic carbocycles. The number of aliphatic hydroxyl groups is 2. The van der Waals surface area contributed by atoms with E-state index in [-0.39, 0.29) is 19.0 Å². The van der Waals surface area contributed by atoms with E-state index in [9.17, 15) is 5.11 Å². The maximum absolute atomic E-state index is 9.95. The molecule has 0 unspecified atom stereocenters. The van der Waals surface area contributed by atoms with Crippen molar-refractivity contribution in [1.82, 2.24) is 0 Å². The van der Waals surface area contributed by atoms with Crippen LogP contribution in [0.4, 0.5) is 0 Å². The van der Waals surface area contributed by atoms with Crippen molar-refractivity contribution >= 4 is 0 Å². The van der Waals surface area contributed by atoms with Crippen LogP contribution < -0.4 is 0 Å². The summed E-state index contributed by atoms with van der Waals surface area (Å²) in [5.41, 5.74) is 0.929. The van der Waals surface area contributed by atoms with Crippen LogP contribution in [0.25, 0.3) is 0 Å². The van der Waals surface area contributed by atoms with Crippen LogP contribution in [-0.4, -0.2) is 22.4 Å². The normalized spacial score (nSPS) is 11.8. The molecule has 1 aromatic rings. The summed E-state index contributed by atoms with van der Waals surface area (Å²) in [7, 11) is 1.55. The minimum absolute atomic E-state index is 0.0200. The van der Waals surface area contributed by atoms with E-state index in [2.05, 4.69) is 0 Å². The smallest absolute Gasteiger partial charge is 0.127 e. The average Bonchev–Trinajstić information content (AvgIpc) is 2.29. The number of ether oxygens (including phenoxy) is 1. The molecule has 0 spiro atoms. The molecule has 0 atom stereocenters. The molecule has 4 heteroatoms. The highest BCUT2D eigenvalue weighted by molar-refractivity contribution is 5.46. The van der Waals surface area contributed by atoms with Crippen molar-refractivity contribution in [3.63, 3.8) is 0 Å². The quantitative estimate of drug-likeness (QED) is 0.723. The van der Waals surface area contributed by atoms with Crippen LogP contribution in [0.2, 0.25) is 0 Å². The third-order valence-corrected chi connectivity index (χ3v) is 2.76. The first-order chi connectivity index (χ1) is 7.46. The van der Waals surface area contributed by atoms with E-state index in [1.165, 1.54) is 0 Å². The van der Waals surface area contributed by atoms with Gasteiger partial charge in [-0.25, -0.2) is 0 Å². The molecule has 1 rings (SSSR count). The van der Waals surface area contributed by atoms with Gasteiger partial charge in [-0.15, -0.1) is 0 Å². The van der Waals surface area contributed by atoms with Crippen molar-refractivity contribution in [1.29, 1.82) is 0 Å². The fourth-order valence-electron chi connectivity index (χ4n) is 1.54. The van der Waals surface area contributed by atoms with E-state index in [1.807, 2.05) is 13.8 Å². The van der Waals surface area contributed by atoms with Gasteiger partial charge in [0.2, 0.25) is 0 Å². The molecule has 0 radical (unpaired) electrons. The molecular weight excluding hydrogens is 208 g/mol. The van der Waals surface area contributed by atoms with Gasteiger partial charge in [0.25, 0.3) is 0 Å². The fourth-order valence-corrected chi connectivity index (χ4v) is 1.54. The summed E-state index contributed by atoms with van der Waals surface area (Å²) in [5, 5.41) is 28.2. The van der Waals surface area contributed by atoms with Gasteiger partial charge in [0.05, 0.1) is 18.8 Å². The lowest BCUT2D eigenvalue weighted by Gasteiger charge is -2.26. The van der Waals surface area contributed by atoms with Crippen molar-refractivity contribution in [2.24, 2.45) is 0 Å². The Morgan fingerprint density at radius 2 is 1.81 bits per heavy atom. The van der Waals surface area contributed by atoms with Crippen LogP contribution in [-0.2, 0) is 23.6 Å². The zero-order valence-corrected chi connectivity index (χ0v) is 9.82. The van der Waals surface area contributed by atoms with Gasteiger partial charge in [0.1, 0.15) is 5.75 Å². The summed E-state index contributed by atoms with van der Waals surface area (Å²) in [6.07, 6.45) is 0. The van der Waals surface area contributed by atoms with E-state index in [0.29, 0.717) is 16.7 Å². The van der Waals surface area contributed by atoms with Crippen LogP contribution >= 0.6 is 0 Å². The number of methoxy groups -OCH3 is 1. The van der Waals surface area contributed by atoms with Crippen molar-refractivity contribution in [3.8, 4) is 5.75 Å². The van der Waals surface area contributed by atoms with E-state index in [1.54, 1.807) is 19.2 Å². The first-order valence-corrected chi connectivity index (χ1v) is 5.08. The third kappa shape index (κ3) is 2.35. The number of benzene rings is 1. The first kappa shape index (κ1) is 13.0. The highest BCUT2D eigenvalue weighted by Crippen LogP contribution is 2.35. The summed E-state index contributed by atoms with van der Waals surface area (Å²) in [4.78, 5) is 0. The number of phenols is 1. The minimum Gasteiger partial charge on any atom is -0.507 e. The molecule has 0 bridgehead atoms. The average molecular weight is 226 g/mol. The van der Waals surface area contributed by atoms with Gasteiger partial charge >= 0.3 is 0 Å². The SMILES string of the molecule is COC(C)(C)c1cc(CO)cc(CO)c1O. The van der Waals surface area contributed by atoms with E-state index >= 15 is 0 Å². The fraction of sp³-hybridized carbons (Fsp3) is 0.500. The molecule has 0 saturated carbocycles. The van der Waals surface area contributed by atoms with Gasteiger partial charge < -0.3 is 20.1 Å². The Hall–Kier alpha value is -1.10. The molecule has 0 aromatic heterocycles. The summed E-state index contributed by atoms with van der Waals surface area (Å²) < 4.78 is 5.28. The van der Waals surface area contributed by atoms with Gasteiger partial charge in [-0.05, 0) is 31.5 Å². The molecule has 3 N–H and O–H groups in total. The molecule has 0 saturated heterocycles. The Morgan fingerprint density at radius 3 is 2.25 bits per heavy atom. The highest BCUT2D eigenvalue weighted by atomic mass is 16.5. The minimum atomic E-state index is -0.667. The van der Waals surface area contributed by atoms with Gasteiger partial charge in [0.15, 0.2) is 0 Å². The second-order valence-corrected chi connectivity index (χ2v) is 4.18. The molecule has 0 aliphatic rings. The molecule has 0 aliphatic carbocycles. The number of hydrogen-bond acceptors (Lipinski definition) is 4. The third-order valence-electron chi connectivity index (χ3n) is 2.76. The lowest BCUT2D eigenvalue weighted by Crippen LogP contribution is -2.20. The molecule has 0 aliphatic heterocycles. The van der Waals surface area contributed by atoms with Crippen molar-refractivity contribution < 1.29 is 20.1 Å². The van der Waals surface area contributed by atoms with Crippen LogP contribution in [0, 0.1) is 0 Å². The zero-order chi connectivity index (χ0) is 12.3. The monoisotopic (exact) mass is 226 g/mol. The topological polar surface area (TPSA) is 69.9 Å². The maximum atomic E-state index is 9.95. The van der Waals surface area contributed by atoms with Crippen LogP contribution in [0.3, 0.4) is 0 Å². The standard InChI is InChI=1S/C12H18O4/c1-12(2,16-3)10-5-8(6-13)4-9(7-14)11(10)15/h4-5,13-15H,6-7H2,1-3H3. The predicted octanol–water partition coefficient (Wildman–Crippen LogP) is 1.26. The number of aliphatic hydroxyl groups excluding tert-OH is 2. The van der Waals surface area contributed by atoms with Gasteiger partial charge in [-0.2, -0.15) is 0 Å². The summed E-state index contributed by atoms with van der Waals surface area (Å²) in [5.74, 6) is 0.0200. The Kier molecular flexibility index (Phi) is 3.91. The predicted molar refractivity (Wildman–Crippen MR) is 60.0 cm³/mol. The summed E-state index contributed by atoms with van der Waals surface area (Å²) >= 11 is 0. The second-order valence-electron chi connectivity index (χ2n) is 4.18. The van der Waals surface area contributed by atoms with Crippen LogP contribution in [0.5, 0.6) is 5.75 Å². The van der Waals surface area contributed by atoms with Crippen molar-refractivity contribution in [2.45, 2.75) is 32.7 Å². The number of hydrogen-bond donors (Lipinski definition) is 3. The van der Waals surface area contributed by atoms with Crippen LogP contribution in [0.1, 0.15) is 30.5 Å². The number of aromatic hydroxyl groups is 1. The van der Waals surface area contributed by atoms with E-state index in [0.717, 1.165) is 0 Å².